The van der Waals surface area contributed by atoms with Crippen molar-refractivity contribution in [1.82, 2.24) is 4.57 Å². The number of para-hydroxylation sites is 3. The lowest BCUT2D eigenvalue weighted by Crippen LogP contribution is -2.09. The molecule has 2 nitrogen and oxygen atoms in total. The van der Waals surface area contributed by atoms with Gasteiger partial charge in [-0.05, 0) is 99.6 Å². The van der Waals surface area contributed by atoms with Gasteiger partial charge in [0.25, 0.3) is 0 Å². The van der Waals surface area contributed by atoms with Crippen LogP contribution >= 0.6 is 11.3 Å². The van der Waals surface area contributed by atoms with E-state index in [1.807, 2.05) is 11.3 Å². The SMILES string of the molecule is c1ccc(-c2ccc(N(c3ccc(-c4ccc(-c5ccccc5-n5c6ccccc6c6ccccc65)cc4)cc3)c3ccc(-c4cccc5c4sc4ccccc45)cc3)cc2)cc1. The second-order valence-electron chi connectivity index (χ2n) is 16.1. The Morgan fingerprint density at radius 2 is 0.698 bits per heavy atom. The molecule has 0 radical (unpaired) electrons. The largest absolute Gasteiger partial charge is 0.311 e. The molecule has 12 aromatic rings. The number of hydrogen-bond donors (Lipinski definition) is 0. The van der Waals surface area contributed by atoms with Crippen molar-refractivity contribution in [3.63, 3.8) is 0 Å². The Labute approximate surface area is 370 Å². The first-order valence-electron chi connectivity index (χ1n) is 21.5. The lowest BCUT2D eigenvalue weighted by Gasteiger charge is -2.26. The minimum atomic E-state index is 1.10. The summed E-state index contributed by atoms with van der Waals surface area (Å²) in [6.07, 6.45) is 0. The molecular weight excluding hydrogens is 781 g/mol. The highest BCUT2D eigenvalue weighted by molar-refractivity contribution is 7.26. The molecule has 0 spiro atoms. The maximum atomic E-state index is 2.41. The molecule has 0 bridgehead atoms. The van der Waals surface area contributed by atoms with Crippen LogP contribution in [0.4, 0.5) is 17.1 Å². The van der Waals surface area contributed by atoms with Crippen LogP contribution in [0.1, 0.15) is 0 Å². The molecule has 2 heterocycles. The molecule has 3 heteroatoms. The van der Waals surface area contributed by atoms with E-state index in [2.05, 4.69) is 252 Å². The first-order valence-corrected chi connectivity index (χ1v) is 22.3. The van der Waals surface area contributed by atoms with Crippen LogP contribution in [-0.2, 0) is 0 Å². The molecule has 0 atom stereocenters. The molecule has 63 heavy (non-hydrogen) atoms. The molecule has 0 amide bonds. The molecular formula is C60H40N2S. The molecule has 0 aliphatic heterocycles. The molecule has 0 saturated carbocycles. The van der Waals surface area contributed by atoms with E-state index >= 15 is 0 Å². The van der Waals surface area contributed by atoms with E-state index in [-0.39, 0.29) is 0 Å². The highest BCUT2D eigenvalue weighted by atomic mass is 32.1. The summed E-state index contributed by atoms with van der Waals surface area (Å²) in [5.41, 5.74) is 16.5. The molecule has 12 rings (SSSR count). The van der Waals surface area contributed by atoms with Gasteiger partial charge in [-0.1, -0.05) is 182 Å². The molecule has 296 valence electrons. The quantitative estimate of drug-likeness (QED) is 0.148. The lowest BCUT2D eigenvalue weighted by atomic mass is 9.98. The van der Waals surface area contributed by atoms with Gasteiger partial charge in [0, 0.05) is 53.6 Å². The summed E-state index contributed by atoms with van der Waals surface area (Å²) >= 11 is 1.87. The van der Waals surface area contributed by atoms with Gasteiger partial charge in [0.2, 0.25) is 0 Å². The third-order valence-electron chi connectivity index (χ3n) is 12.5. The van der Waals surface area contributed by atoms with Crippen LogP contribution in [0.5, 0.6) is 0 Å². The Kier molecular flexibility index (Phi) is 9.06. The highest BCUT2D eigenvalue weighted by Crippen LogP contribution is 2.43. The summed E-state index contributed by atoms with van der Waals surface area (Å²) < 4.78 is 5.06. The van der Waals surface area contributed by atoms with Gasteiger partial charge in [-0.25, -0.2) is 0 Å². The first-order chi connectivity index (χ1) is 31.2. The number of nitrogens with zero attached hydrogens (tertiary/aromatic N) is 2. The van der Waals surface area contributed by atoms with E-state index in [9.17, 15) is 0 Å². The van der Waals surface area contributed by atoms with E-state index in [4.69, 9.17) is 0 Å². The Hall–Kier alpha value is -7.98. The Morgan fingerprint density at radius 1 is 0.286 bits per heavy atom. The Balaban J connectivity index is 0.884. The van der Waals surface area contributed by atoms with Crippen LogP contribution in [0.25, 0.3) is 92.2 Å². The number of hydrogen-bond acceptors (Lipinski definition) is 2. The summed E-state index contributed by atoms with van der Waals surface area (Å²) in [5.74, 6) is 0. The van der Waals surface area contributed by atoms with E-state index < -0.39 is 0 Å². The van der Waals surface area contributed by atoms with Crippen LogP contribution in [0.15, 0.2) is 243 Å². The van der Waals surface area contributed by atoms with Gasteiger partial charge in [-0.2, -0.15) is 0 Å². The highest BCUT2D eigenvalue weighted by Gasteiger charge is 2.17. The maximum Gasteiger partial charge on any atom is 0.0541 e. The average molecular weight is 821 g/mol. The average Bonchev–Trinajstić information content (AvgIpc) is 3.91. The van der Waals surface area contributed by atoms with E-state index in [0.717, 1.165) is 17.1 Å². The van der Waals surface area contributed by atoms with Gasteiger partial charge >= 0.3 is 0 Å². The van der Waals surface area contributed by atoms with Gasteiger partial charge in [-0.3, -0.25) is 0 Å². The van der Waals surface area contributed by atoms with Crippen LogP contribution in [0.3, 0.4) is 0 Å². The third-order valence-corrected chi connectivity index (χ3v) is 13.7. The van der Waals surface area contributed by atoms with E-state index in [1.54, 1.807) is 0 Å². The minimum absolute atomic E-state index is 1.10. The van der Waals surface area contributed by atoms with Crippen LogP contribution < -0.4 is 4.90 Å². The van der Waals surface area contributed by atoms with Crippen LogP contribution in [0, 0.1) is 0 Å². The van der Waals surface area contributed by atoms with Crippen molar-refractivity contribution >= 4 is 70.4 Å². The summed E-state index contributed by atoms with van der Waals surface area (Å²) in [7, 11) is 0. The summed E-state index contributed by atoms with van der Waals surface area (Å²) in [6.45, 7) is 0. The second kappa shape index (κ2) is 15.5. The fourth-order valence-electron chi connectivity index (χ4n) is 9.39. The topological polar surface area (TPSA) is 8.17 Å². The summed E-state index contributed by atoms with van der Waals surface area (Å²) in [5, 5.41) is 5.17. The maximum absolute atomic E-state index is 2.41. The predicted molar refractivity (Wildman–Crippen MR) is 270 cm³/mol. The van der Waals surface area contributed by atoms with E-state index in [0.29, 0.717) is 0 Å². The molecule has 2 aromatic heterocycles. The van der Waals surface area contributed by atoms with Gasteiger partial charge < -0.3 is 9.47 Å². The molecule has 0 aliphatic rings. The van der Waals surface area contributed by atoms with E-state index in [1.165, 1.54) is 92.2 Å². The smallest absolute Gasteiger partial charge is 0.0541 e. The normalized spacial score (nSPS) is 11.5. The molecule has 0 fully saturated rings. The number of rotatable bonds is 8. The van der Waals surface area contributed by atoms with Crippen molar-refractivity contribution in [2.45, 2.75) is 0 Å². The number of anilines is 3. The van der Waals surface area contributed by atoms with Crippen molar-refractivity contribution in [1.29, 1.82) is 0 Å². The fourth-order valence-corrected chi connectivity index (χ4v) is 10.6. The fraction of sp³-hybridized carbons (Fsp3) is 0. The third kappa shape index (κ3) is 6.50. The van der Waals surface area contributed by atoms with Crippen molar-refractivity contribution in [2.75, 3.05) is 4.90 Å². The predicted octanol–water partition coefficient (Wildman–Crippen LogP) is 17.3. The number of aromatic nitrogens is 1. The Bertz CT molecular complexity index is 3530. The van der Waals surface area contributed by atoms with Gasteiger partial charge in [0.15, 0.2) is 0 Å². The number of benzene rings is 10. The zero-order valence-electron chi connectivity index (χ0n) is 34.4. The van der Waals surface area contributed by atoms with Crippen LogP contribution in [0.2, 0.25) is 0 Å². The first kappa shape index (κ1) is 36.8. The molecule has 0 aliphatic carbocycles. The molecule has 0 unspecified atom stereocenters. The molecule has 0 N–H and O–H groups in total. The van der Waals surface area contributed by atoms with Crippen LogP contribution in [-0.4, -0.2) is 4.57 Å². The zero-order chi connectivity index (χ0) is 41.7. The van der Waals surface area contributed by atoms with Gasteiger partial charge in [0.1, 0.15) is 0 Å². The monoisotopic (exact) mass is 820 g/mol. The number of fused-ring (bicyclic) bond motifs is 6. The minimum Gasteiger partial charge on any atom is -0.311 e. The molecule has 10 aromatic carbocycles. The summed E-state index contributed by atoms with van der Waals surface area (Å²) in [4.78, 5) is 2.36. The van der Waals surface area contributed by atoms with Gasteiger partial charge in [0.05, 0.1) is 16.7 Å². The Morgan fingerprint density at radius 3 is 1.32 bits per heavy atom. The number of thiophene rings is 1. The lowest BCUT2D eigenvalue weighted by molar-refractivity contribution is 1.18. The summed E-state index contributed by atoms with van der Waals surface area (Å²) in [6, 6.07) is 88.2. The van der Waals surface area contributed by atoms with Crippen molar-refractivity contribution in [3.8, 4) is 50.2 Å². The second-order valence-corrected chi connectivity index (χ2v) is 17.1. The standard InChI is InChI=1S/C60H40N2S/c1-2-13-41(14-3-1)43-29-35-47(36-30-43)61(49-39-33-46(34-40-49)51-19-12-20-55-54-18-7-11-24-59(54)63-60(51)55)48-37-31-44(32-38-48)42-25-27-45(28-26-42)50-15-4-8-21-56(50)62-57-22-9-5-16-52(57)53-17-6-10-23-58(53)62/h1-40H. The zero-order valence-corrected chi connectivity index (χ0v) is 35.2. The van der Waals surface area contributed by atoms with Crippen molar-refractivity contribution in [3.05, 3.63) is 243 Å². The molecule has 0 saturated heterocycles. The van der Waals surface area contributed by atoms with Gasteiger partial charge in [-0.15, -0.1) is 11.3 Å². The van der Waals surface area contributed by atoms with Crippen molar-refractivity contribution in [2.24, 2.45) is 0 Å². The van der Waals surface area contributed by atoms with Crippen molar-refractivity contribution < 1.29 is 0 Å².